The molecule has 0 fully saturated rings. The lowest BCUT2D eigenvalue weighted by Crippen LogP contribution is -2.29. The smallest absolute Gasteiger partial charge is 0.239 e. The van der Waals surface area contributed by atoms with Gasteiger partial charge < -0.3 is 15.4 Å². The molecule has 0 saturated carbocycles. The summed E-state index contributed by atoms with van der Waals surface area (Å²) in [4.78, 5) is 11.3. The van der Waals surface area contributed by atoms with Crippen molar-refractivity contribution in [1.82, 2.24) is 5.32 Å². The Labute approximate surface area is 102 Å². The summed E-state index contributed by atoms with van der Waals surface area (Å²) in [5.41, 5.74) is 0.859. The fourth-order valence-corrected chi connectivity index (χ4v) is 1.29. The van der Waals surface area contributed by atoms with Gasteiger partial charge in [0.15, 0.2) is 0 Å². The van der Waals surface area contributed by atoms with Crippen molar-refractivity contribution in [3.63, 3.8) is 0 Å². The van der Waals surface area contributed by atoms with Crippen LogP contribution in [0.5, 0.6) is 5.75 Å². The van der Waals surface area contributed by atoms with Crippen molar-refractivity contribution in [1.29, 1.82) is 0 Å². The average molecular weight is 234 g/mol. The topological polar surface area (TPSA) is 50.4 Å². The summed E-state index contributed by atoms with van der Waals surface area (Å²) >= 11 is 0. The number of hydrogen-bond acceptors (Lipinski definition) is 3. The molecule has 0 aliphatic carbocycles. The summed E-state index contributed by atoms with van der Waals surface area (Å²) in [6.07, 6.45) is 1.69. The summed E-state index contributed by atoms with van der Waals surface area (Å²) in [6.45, 7) is 6.85. The summed E-state index contributed by atoms with van der Waals surface area (Å²) < 4.78 is 5.39. The Hall–Kier alpha value is -1.97. The minimum Gasteiger partial charge on any atom is -0.489 e. The quantitative estimate of drug-likeness (QED) is 0.707. The van der Waals surface area contributed by atoms with E-state index in [9.17, 15) is 4.79 Å². The highest BCUT2D eigenvalue weighted by molar-refractivity contribution is 5.80. The first-order valence-corrected chi connectivity index (χ1v) is 5.60. The van der Waals surface area contributed by atoms with Crippen LogP contribution in [0.25, 0.3) is 0 Å². The summed E-state index contributed by atoms with van der Waals surface area (Å²) in [5.74, 6) is 0.732. The van der Waals surface area contributed by atoms with Crippen molar-refractivity contribution < 1.29 is 9.53 Å². The van der Waals surface area contributed by atoms with Gasteiger partial charge in [-0.1, -0.05) is 18.7 Å². The molecular weight excluding hydrogens is 216 g/mol. The maximum absolute atomic E-state index is 11.3. The Bertz CT molecular complexity index is 377. The molecule has 1 aromatic rings. The van der Waals surface area contributed by atoms with E-state index in [4.69, 9.17) is 4.74 Å². The Balaban J connectivity index is 2.47. The second-order valence-corrected chi connectivity index (χ2v) is 3.43. The van der Waals surface area contributed by atoms with E-state index in [-0.39, 0.29) is 12.5 Å². The van der Waals surface area contributed by atoms with Crippen molar-refractivity contribution in [2.24, 2.45) is 0 Å². The van der Waals surface area contributed by atoms with Crippen LogP contribution in [-0.2, 0) is 4.79 Å². The van der Waals surface area contributed by atoms with Gasteiger partial charge >= 0.3 is 0 Å². The third-order valence-corrected chi connectivity index (χ3v) is 2.03. The molecule has 0 unspecified atom stereocenters. The molecule has 0 aliphatic rings. The normalized spacial score (nSPS) is 9.47. The van der Waals surface area contributed by atoms with Crippen LogP contribution in [0.4, 0.5) is 5.69 Å². The predicted octanol–water partition coefficient (Wildman–Crippen LogP) is 1.80. The van der Waals surface area contributed by atoms with Gasteiger partial charge in [0.1, 0.15) is 12.4 Å². The minimum atomic E-state index is -0.0232. The number of anilines is 1. The van der Waals surface area contributed by atoms with Gasteiger partial charge in [0.05, 0.1) is 6.54 Å². The van der Waals surface area contributed by atoms with Crippen molar-refractivity contribution in [2.75, 3.05) is 25.0 Å². The van der Waals surface area contributed by atoms with E-state index in [1.54, 1.807) is 6.08 Å². The molecule has 0 aliphatic heterocycles. The van der Waals surface area contributed by atoms with Crippen LogP contribution in [0.2, 0.25) is 0 Å². The molecule has 92 valence electrons. The number of carbonyl (C=O) groups is 1. The molecule has 17 heavy (non-hydrogen) atoms. The van der Waals surface area contributed by atoms with Crippen LogP contribution in [0, 0.1) is 0 Å². The van der Waals surface area contributed by atoms with Crippen LogP contribution in [0.3, 0.4) is 0 Å². The lowest BCUT2D eigenvalue weighted by molar-refractivity contribution is -0.119. The van der Waals surface area contributed by atoms with E-state index in [0.29, 0.717) is 13.2 Å². The van der Waals surface area contributed by atoms with E-state index in [0.717, 1.165) is 11.4 Å². The molecule has 4 nitrogen and oxygen atoms in total. The summed E-state index contributed by atoms with van der Waals surface area (Å²) in [5, 5.41) is 5.75. The standard InChI is InChI=1S/C13H18N2O2/c1-3-8-17-12-7-5-6-11(9-12)15-10-13(16)14-4-2/h3,5-7,9,15H,1,4,8,10H2,2H3,(H,14,16). The number of carbonyl (C=O) groups excluding carboxylic acids is 1. The van der Waals surface area contributed by atoms with Crippen molar-refractivity contribution in [3.8, 4) is 5.75 Å². The number of ether oxygens (including phenoxy) is 1. The average Bonchev–Trinajstić information content (AvgIpc) is 2.35. The number of benzene rings is 1. The zero-order valence-electron chi connectivity index (χ0n) is 10.0. The minimum absolute atomic E-state index is 0.0232. The monoisotopic (exact) mass is 234 g/mol. The Morgan fingerprint density at radius 2 is 2.35 bits per heavy atom. The Morgan fingerprint density at radius 3 is 3.06 bits per heavy atom. The molecule has 0 heterocycles. The Kier molecular flexibility index (Phi) is 5.64. The van der Waals surface area contributed by atoms with E-state index >= 15 is 0 Å². The summed E-state index contributed by atoms with van der Waals surface area (Å²) in [6, 6.07) is 7.47. The van der Waals surface area contributed by atoms with Crippen LogP contribution in [0.15, 0.2) is 36.9 Å². The molecule has 1 amide bonds. The maximum atomic E-state index is 11.3. The summed E-state index contributed by atoms with van der Waals surface area (Å²) in [7, 11) is 0. The molecule has 0 atom stereocenters. The molecule has 0 spiro atoms. The third-order valence-electron chi connectivity index (χ3n) is 2.03. The van der Waals surface area contributed by atoms with Crippen molar-refractivity contribution in [3.05, 3.63) is 36.9 Å². The fourth-order valence-electron chi connectivity index (χ4n) is 1.29. The van der Waals surface area contributed by atoms with Gasteiger partial charge in [0.2, 0.25) is 5.91 Å². The van der Waals surface area contributed by atoms with Crippen LogP contribution >= 0.6 is 0 Å². The molecule has 1 aromatic carbocycles. The highest BCUT2D eigenvalue weighted by Crippen LogP contribution is 2.16. The highest BCUT2D eigenvalue weighted by Gasteiger charge is 2.00. The molecule has 4 heteroatoms. The largest absolute Gasteiger partial charge is 0.489 e. The van der Waals surface area contributed by atoms with Gasteiger partial charge in [0.25, 0.3) is 0 Å². The number of rotatable bonds is 7. The second-order valence-electron chi connectivity index (χ2n) is 3.43. The van der Waals surface area contributed by atoms with Crippen LogP contribution in [0.1, 0.15) is 6.92 Å². The van der Waals surface area contributed by atoms with Crippen LogP contribution in [-0.4, -0.2) is 25.6 Å². The first-order valence-electron chi connectivity index (χ1n) is 5.60. The van der Waals surface area contributed by atoms with E-state index in [1.807, 2.05) is 31.2 Å². The molecular formula is C13H18N2O2. The van der Waals surface area contributed by atoms with E-state index in [1.165, 1.54) is 0 Å². The zero-order chi connectivity index (χ0) is 12.5. The lowest BCUT2D eigenvalue weighted by atomic mass is 10.3. The van der Waals surface area contributed by atoms with Gasteiger partial charge in [-0.05, 0) is 19.1 Å². The van der Waals surface area contributed by atoms with Crippen molar-refractivity contribution in [2.45, 2.75) is 6.92 Å². The van der Waals surface area contributed by atoms with Crippen LogP contribution < -0.4 is 15.4 Å². The molecule has 2 N–H and O–H groups in total. The number of amides is 1. The first-order chi connectivity index (χ1) is 8.26. The van der Waals surface area contributed by atoms with Gasteiger partial charge in [0, 0.05) is 18.3 Å². The predicted molar refractivity (Wildman–Crippen MR) is 69.3 cm³/mol. The highest BCUT2D eigenvalue weighted by atomic mass is 16.5. The first kappa shape index (κ1) is 13.1. The van der Waals surface area contributed by atoms with Gasteiger partial charge in [-0.3, -0.25) is 4.79 Å². The fraction of sp³-hybridized carbons (Fsp3) is 0.308. The Morgan fingerprint density at radius 1 is 1.53 bits per heavy atom. The van der Waals surface area contributed by atoms with Crippen molar-refractivity contribution >= 4 is 11.6 Å². The second kappa shape index (κ2) is 7.33. The third kappa shape index (κ3) is 5.06. The number of likely N-dealkylation sites (N-methyl/N-ethyl adjacent to an activating group) is 1. The zero-order valence-corrected chi connectivity index (χ0v) is 10.0. The number of hydrogen-bond donors (Lipinski definition) is 2. The maximum Gasteiger partial charge on any atom is 0.239 e. The SMILES string of the molecule is C=CCOc1cccc(NCC(=O)NCC)c1. The van der Waals surface area contributed by atoms with Gasteiger partial charge in [-0.25, -0.2) is 0 Å². The molecule has 0 saturated heterocycles. The molecule has 0 bridgehead atoms. The van der Waals surface area contributed by atoms with Gasteiger partial charge in [-0.15, -0.1) is 0 Å². The molecule has 1 rings (SSSR count). The molecule has 0 aromatic heterocycles. The van der Waals surface area contributed by atoms with E-state index in [2.05, 4.69) is 17.2 Å². The van der Waals surface area contributed by atoms with Gasteiger partial charge in [-0.2, -0.15) is 0 Å². The van der Waals surface area contributed by atoms with E-state index < -0.39 is 0 Å². The molecule has 0 radical (unpaired) electrons. The lowest BCUT2D eigenvalue weighted by Gasteiger charge is -2.08. The number of nitrogens with one attached hydrogen (secondary N) is 2.